The van der Waals surface area contributed by atoms with E-state index in [0.717, 1.165) is 11.0 Å². The Morgan fingerprint density at radius 2 is 2.20 bits per heavy atom. The maximum Gasteiger partial charge on any atom is 0.336 e. The zero-order valence-electron chi connectivity index (χ0n) is 11.3. The normalized spacial score (nSPS) is 17.0. The number of fused-ring (bicyclic) bond motifs is 3. The lowest BCUT2D eigenvalue weighted by molar-refractivity contribution is 0.111. The van der Waals surface area contributed by atoms with Gasteiger partial charge in [0.2, 0.25) is 11.5 Å². The molecule has 0 N–H and O–H groups in total. The molecule has 0 aliphatic carbocycles. The third kappa shape index (κ3) is 1.91. The molecule has 1 aromatic carbocycles. The van der Waals surface area contributed by atoms with Crippen LogP contribution in [0.4, 0.5) is 0 Å². The van der Waals surface area contributed by atoms with Gasteiger partial charge in [-0.05, 0) is 24.6 Å². The predicted octanol–water partition coefficient (Wildman–Crippen LogP) is 2.52. The zero-order chi connectivity index (χ0) is 14.3. The van der Waals surface area contributed by atoms with E-state index < -0.39 is 5.63 Å². The van der Waals surface area contributed by atoms with Crippen molar-refractivity contribution in [1.29, 1.82) is 0 Å². The first kappa shape index (κ1) is 12.6. The highest BCUT2D eigenvalue weighted by molar-refractivity contribution is 5.88. The molecule has 0 radical (unpaired) electrons. The van der Waals surface area contributed by atoms with Crippen LogP contribution in [0.3, 0.4) is 0 Å². The van der Waals surface area contributed by atoms with E-state index in [1.165, 1.54) is 6.07 Å². The fourth-order valence-corrected chi connectivity index (χ4v) is 2.11. The van der Waals surface area contributed by atoms with Crippen LogP contribution in [-0.2, 0) is 0 Å². The van der Waals surface area contributed by atoms with Gasteiger partial charge in [0.1, 0.15) is 6.61 Å². The van der Waals surface area contributed by atoms with E-state index in [-0.39, 0.29) is 6.10 Å². The summed E-state index contributed by atoms with van der Waals surface area (Å²) in [7, 11) is 1.55. The molecule has 5 heteroatoms. The lowest BCUT2D eigenvalue weighted by atomic mass is 10.1. The highest BCUT2D eigenvalue weighted by atomic mass is 16.6. The highest BCUT2D eigenvalue weighted by Gasteiger charge is 2.28. The van der Waals surface area contributed by atoms with Crippen molar-refractivity contribution in [2.75, 3.05) is 13.7 Å². The van der Waals surface area contributed by atoms with Crippen LogP contribution >= 0.6 is 0 Å². The minimum absolute atomic E-state index is 0.246. The molecular formula is C15H14O5. The van der Waals surface area contributed by atoms with Gasteiger partial charge in [-0.1, -0.05) is 6.58 Å². The van der Waals surface area contributed by atoms with Gasteiger partial charge in [-0.25, -0.2) is 4.79 Å². The van der Waals surface area contributed by atoms with Gasteiger partial charge in [0.05, 0.1) is 7.11 Å². The van der Waals surface area contributed by atoms with Crippen LogP contribution in [0.15, 0.2) is 39.6 Å². The van der Waals surface area contributed by atoms with E-state index in [9.17, 15) is 4.79 Å². The number of benzene rings is 1. The van der Waals surface area contributed by atoms with Crippen molar-refractivity contribution in [3.63, 3.8) is 0 Å². The molecule has 0 spiro atoms. The lowest BCUT2D eigenvalue weighted by Crippen LogP contribution is -2.30. The quantitative estimate of drug-likeness (QED) is 0.622. The molecule has 3 rings (SSSR count). The third-order valence-corrected chi connectivity index (χ3v) is 3.20. The first-order valence-corrected chi connectivity index (χ1v) is 6.20. The Morgan fingerprint density at radius 3 is 2.90 bits per heavy atom. The van der Waals surface area contributed by atoms with Gasteiger partial charge < -0.3 is 18.6 Å². The van der Waals surface area contributed by atoms with Crippen LogP contribution < -0.4 is 19.8 Å². The van der Waals surface area contributed by atoms with E-state index in [2.05, 4.69) is 6.58 Å². The van der Waals surface area contributed by atoms with E-state index in [0.29, 0.717) is 29.4 Å². The minimum atomic E-state index is -0.435. The SMILES string of the molecule is C=C(C)[C@@H]1COc2c(c(OC)cc3ccc(=O)oc23)O1. The lowest BCUT2D eigenvalue weighted by Gasteiger charge is -2.28. The molecule has 104 valence electrons. The number of ether oxygens (including phenoxy) is 3. The van der Waals surface area contributed by atoms with Crippen molar-refractivity contribution in [1.82, 2.24) is 0 Å². The van der Waals surface area contributed by atoms with Gasteiger partial charge in [-0.15, -0.1) is 0 Å². The van der Waals surface area contributed by atoms with Gasteiger partial charge in [-0.2, -0.15) is 0 Å². The summed E-state index contributed by atoms with van der Waals surface area (Å²) >= 11 is 0. The Balaban J connectivity index is 2.25. The molecular weight excluding hydrogens is 260 g/mol. The number of methoxy groups -OCH3 is 1. The van der Waals surface area contributed by atoms with Crippen LogP contribution in [-0.4, -0.2) is 19.8 Å². The standard InChI is InChI=1S/C15H14O5/c1-8(2)11-7-18-15-13-9(4-5-12(16)20-13)6-10(17-3)14(15)19-11/h4-6,11H,1,7H2,2-3H3/t11-/m0/s1. The van der Waals surface area contributed by atoms with E-state index in [4.69, 9.17) is 18.6 Å². The average molecular weight is 274 g/mol. The summed E-state index contributed by atoms with van der Waals surface area (Å²) in [6, 6.07) is 4.77. The summed E-state index contributed by atoms with van der Waals surface area (Å²) in [6.45, 7) is 6.05. The van der Waals surface area contributed by atoms with Crippen LogP contribution in [0.25, 0.3) is 11.0 Å². The second-order valence-corrected chi connectivity index (χ2v) is 4.67. The number of hydrogen-bond donors (Lipinski definition) is 0. The summed E-state index contributed by atoms with van der Waals surface area (Å²) < 4.78 is 22.1. The van der Waals surface area contributed by atoms with E-state index in [1.807, 2.05) is 6.92 Å². The summed E-state index contributed by atoms with van der Waals surface area (Å²) in [5, 5.41) is 0.720. The second kappa shape index (κ2) is 4.59. The molecule has 0 fully saturated rings. The van der Waals surface area contributed by atoms with Gasteiger partial charge in [0.15, 0.2) is 17.4 Å². The second-order valence-electron chi connectivity index (χ2n) is 4.67. The molecule has 0 bridgehead atoms. The molecule has 0 saturated heterocycles. The first-order valence-electron chi connectivity index (χ1n) is 6.20. The first-order chi connectivity index (χ1) is 9.60. The Morgan fingerprint density at radius 1 is 1.40 bits per heavy atom. The molecule has 0 amide bonds. The fraction of sp³-hybridized carbons (Fsp3) is 0.267. The van der Waals surface area contributed by atoms with Gasteiger partial charge in [0, 0.05) is 11.5 Å². The van der Waals surface area contributed by atoms with Crippen LogP contribution in [0.2, 0.25) is 0 Å². The number of hydrogen-bond acceptors (Lipinski definition) is 5. The largest absolute Gasteiger partial charge is 0.493 e. The number of rotatable bonds is 2. The molecule has 0 saturated carbocycles. The molecule has 1 aromatic heterocycles. The summed E-state index contributed by atoms with van der Waals surface area (Å²) in [6.07, 6.45) is -0.246. The van der Waals surface area contributed by atoms with Gasteiger partial charge in [0.25, 0.3) is 0 Å². The van der Waals surface area contributed by atoms with E-state index >= 15 is 0 Å². The predicted molar refractivity (Wildman–Crippen MR) is 73.8 cm³/mol. The van der Waals surface area contributed by atoms with Crippen LogP contribution in [0.1, 0.15) is 6.92 Å². The van der Waals surface area contributed by atoms with Crippen molar-refractivity contribution >= 4 is 11.0 Å². The Bertz CT molecular complexity index is 744. The van der Waals surface area contributed by atoms with Crippen molar-refractivity contribution in [3.8, 4) is 17.2 Å². The van der Waals surface area contributed by atoms with Crippen molar-refractivity contribution in [2.24, 2.45) is 0 Å². The monoisotopic (exact) mass is 274 g/mol. The molecule has 2 heterocycles. The molecule has 2 aromatic rings. The average Bonchev–Trinajstić information content (AvgIpc) is 2.45. The fourth-order valence-electron chi connectivity index (χ4n) is 2.11. The summed E-state index contributed by atoms with van der Waals surface area (Å²) in [4.78, 5) is 11.4. The van der Waals surface area contributed by atoms with Crippen molar-refractivity contribution in [2.45, 2.75) is 13.0 Å². The highest BCUT2D eigenvalue weighted by Crippen LogP contribution is 2.46. The maximum atomic E-state index is 11.4. The minimum Gasteiger partial charge on any atom is -0.493 e. The summed E-state index contributed by atoms with van der Waals surface area (Å²) in [5.74, 6) is 1.37. The van der Waals surface area contributed by atoms with E-state index in [1.54, 1.807) is 19.2 Å². The van der Waals surface area contributed by atoms with Crippen molar-refractivity contribution < 1.29 is 18.6 Å². The Labute approximate surface area is 115 Å². The Hall–Kier alpha value is -2.43. The van der Waals surface area contributed by atoms with Crippen LogP contribution in [0.5, 0.6) is 17.2 Å². The topological polar surface area (TPSA) is 57.9 Å². The maximum absolute atomic E-state index is 11.4. The zero-order valence-corrected chi connectivity index (χ0v) is 11.3. The molecule has 20 heavy (non-hydrogen) atoms. The van der Waals surface area contributed by atoms with Gasteiger partial charge >= 0.3 is 5.63 Å². The molecule has 1 aliphatic rings. The van der Waals surface area contributed by atoms with Crippen molar-refractivity contribution in [3.05, 3.63) is 40.8 Å². The third-order valence-electron chi connectivity index (χ3n) is 3.20. The molecule has 0 unspecified atom stereocenters. The van der Waals surface area contributed by atoms with Crippen LogP contribution in [0, 0.1) is 0 Å². The Kier molecular flexibility index (Phi) is 2.89. The van der Waals surface area contributed by atoms with Gasteiger partial charge in [-0.3, -0.25) is 0 Å². The summed E-state index contributed by atoms with van der Waals surface area (Å²) in [5.41, 5.74) is 0.788. The molecule has 1 atom stereocenters. The smallest absolute Gasteiger partial charge is 0.336 e. The molecule has 5 nitrogen and oxygen atoms in total. The molecule has 1 aliphatic heterocycles.